The summed E-state index contributed by atoms with van der Waals surface area (Å²) in [6.45, 7) is 5.91. The number of rotatable bonds is 6. The molecule has 3 nitrogen and oxygen atoms in total. The van der Waals surface area contributed by atoms with E-state index in [1.165, 1.54) is 0 Å². The molecule has 3 heteroatoms. The van der Waals surface area contributed by atoms with Crippen molar-refractivity contribution in [3.63, 3.8) is 0 Å². The molecular weight excluding hydrogens is 324 g/mol. The maximum atomic E-state index is 13.0. The molecule has 0 spiro atoms. The molecule has 0 saturated heterocycles. The first-order valence-corrected chi connectivity index (χ1v) is 8.99. The van der Waals surface area contributed by atoms with Crippen LogP contribution in [-0.4, -0.2) is 11.1 Å². The number of esters is 1. The van der Waals surface area contributed by atoms with Crippen LogP contribution in [0.2, 0.25) is 0 Å². The monoisotopic (exact) mass is 348 g/mol. The Bertz CT molecular complexity index is 808. The van der Waals surface area contributed by atoms with Gasteiger partial charge in [0.2, 0.25) is 0 Å². The molecule has 0 aliphatic carbocycles. The van der Waals surface area contributed by atoms with E-state index in [4.69, 9.17) is 4.74 Å². The van der Waals surface area contributed by atoms with E-state index in [-0.39, 0.29) is 23.7 Å². The predicted molar refractivity (Wildman–Crippen MR) is 103 cm³/mol. The molecule has 1 heterocycles. The van der Waals surface area contributed by atoms with Crippen molar-refractivity contribution < 1.29 is 14.6 Å². The number of benzene rings is 2. The van der Waals surface area contributed by atoms with Gasteiger partial charge in [0.25, 0.3) is 0 Å². The predicted octanol–water partition coefficient (Wildman–Crippen LogP) is 5.41. The van der Waals surface area contributed by atoms with Crippen molar-refractivity contribution in [1.29, 1.82) is 0 Å². The van der Waals surface area contributed by atoms with Crippen LogP contribution in [0.1, 0.15) is 43.2 Å². The minimum Gasteiger partial charge on any atom is -0.512 e. The molecule has 1 aliphatic heterocycles. The van der Waals surface area contributed by atoms with Gasteiger partial charge < -0.3 is 9.84 Å². The van der Waals surface area contributed by atoms with Crippen molar-refractivity contribution in [3.05, 3.63) is 95.8 Å². The summed E-state index contributed by atoms with van der Waals surface area (Å²) >= 11 is 0. The lowest BCUT2D eigenvalue weighted by atomic mass is 9.80. The fourth-order valence-electron chi connectivity index (χ4n) is 3.73. The van der Waals surface area contributed by atoms with E-state index >= 15 is 0 Å². The summed E-state index contributed by atoms with van der Waals surface area (Å²) in [6, 6.07) is 19.2. The number of hydrogen-bond acceptors (Lipinski definition) is 3. The van der Waals surface area contributed by atoms with E-state index in [2.05, 4.69) is 6.58 Å². The Labute approximate surface area is 154 Å². The maximum Gasteiger partial charge on any atom is 0.339 e. The number of hydrogen-bond donors (Lipinski definition) is 1. The van der Waals surface area contributed by atoms with Crippen LogP contribution in [0.3, 0.4) is 0 Å². The highest BCUT2D eigenvalue weighted by Crippen LogP contribution is 2.44. The number of ether oxygens (including phenoxy) is 1. The van der Waals surface area contributed by atoms with Gasteiger partial charge in [-0.3, -0.25) is 0 Å². The van der Waals surface area contributed by atoms with Gasteiger partial charge in [-0.05, 0) is 17.5 Å². The summed E-state index contributed by atoms with van der Waals surface area (Å²) in [5, 5.41) is 10.9. The molecule has 1 aliphatic rings. The first kappa shape index (κ1) is 18.0. The minimum atomic E-state index is -0.816. The van der Waals surface area contributed by atoms with E-state index in [1.54, 1.807) is 6.08 Å². The third-order valence-electron chi connectivity index (χ3n) is 4.93. The van der Waals surface area contributed by atoms with Crippen LogP contribution >= 0.6 is 0 Å². The standard InChI is InChI=1S/C23H24O3/c1-3-15-23(18-13-9-6-10-14-18)16-20(24)21(22(25)26-23)19(4-2)17-11-7-5-8-12-17/h4-14,19,24H,2-3,15-16H2,1H3. The summed E-state index contributed by atoms with van der Waals surface area (Å²) in [7, 11) is 0. The quantitative estimate of drug-likeness (QED) is 0.561. The SMILES string of the molecule is C=CC(C1=C(O)CC(CCC)(c2ccccc2)OC1=O)c1ccccc1. The smallest absolute Gasteiger partial charge is 0.339 e. The molecule has 2 aromatic carbocycles. The summed E-state index contributed by atoms with van der Waals surface area (Å²) in [4.78, 5) is 13.0. The zero-order chi connectivity index (χ0) is 18.6. The largest absolute Gasteiger partial charge is 0.512 e. The Morgan fingerprint density at radius 1 is 1.15 bits per heavy atom. The average Bonchev–Trinajstić information content (AvgIpc) is 2.66. The zero-order valence-electron chi connectivity index (χ0n) is 15.0. The molecule has 2 atom stereocenters. The summed E-state index contributed by atoms with van der Waals surface area (Å²) < 4.78 is 5.98. The summed E-state index contributed by atoms with van der Waals surface area (Å²) in [5.74, 6) is -0.772. The molecule has 134 valence electrons. The van der Waals surface area contributed by atoms with Crippen LogP contribution < -0.4 is 0 Å². The fraction of sp³-hybridized carbons (Fsp3) is 0.261. The van der Waals surface area contributed by atoms with Crippen molar-refractivity contribution in [2.45, 2.75) is 37.7 Å². The Balaban J connectivity index is 2.04. The van der Waals surface area contributed by atoms with Gasteiger partial charge in [-0.2, -0.15) is 0 Å². The molecular formula is C23H24O3. The van der Waals surface area contributed by atoms with Gasteiger partial charge in [-0.1, -0.05) is 80.1 Å². The topological polar surface area (TPSA) is 46.5 Å². The van der Waals surface area contributed by atoms with Crippen molar-refractivity contribution >= 4 is 5.97 Å². The van der Waals surface area contributed by atoms with Crippen LogP contribution in [0.4, 0.5) is 0 Å². The van der Waals surface area contributed by atoms with Crippen molar-refractivity contribution in [2.75, 3.05) is 0 Å². The zero-order valence-corrected chi connectivity index (χ0v) is 15.0. The Morgan fingerprint density at radius 2 is 1.77 bits per heavy atom. The molecule has 1 N–H and O–H groups in total. The number of carbonyl (C=O) groups excluding carboxylic acids is 1. The third kappa shape index (κ3) is 3.30. The van der Waals surface area contributed by atoms with Gasteiger partial charge in [-0.15, -0.1) is 6.58 Å². The van der Waals surface area contributed by atoms with E-state index in [0.717, 1.165) is 17.5 Å². The summed E-state index contributed by atoms with van der Waals surface area (Å²) in [5.41, 5.74) is 1.29. The lowest BCUT2D eigenvalue weighted by Crippen LogP contribution is -2.39. The molecule has 3 rings (SSSR count). The second kappa shape index (κ2) is 7.61. The van der Waals surface area contributed by atoms with E-state index in [0.29, 0.717) is 6.42 Å². The number of aliphatic hydroxyl groups excluding tert-OH is 1. The lowest BCUT2D eigenvalue weighted by molar-refractivity contribution is -0.161. The number of aliphatic hydroxyl groups is 1. The van der Waals surface area contributed by atoms with Gasteiger partial charge in [0, 0.05) is 12.3 Å². The maximum absolute atomic E-state index is 13.0. The van der Waals surface area contributed by atoms with Gasteiger partial charge in [0.15, 0.2) is 0 Å². The Morgan fingerprint density at radius 3 is 2.31 bits per heavy atom. The van der Waals surface area contributed by atoms with Crippen molar-refractivity contribution in [3.8, 4) is 0 Å². The highest BCUT2D eigenvalue weighted by Gasteiger charge is 2.44. The molecule has 0 amide bonds. The van der Waals surface area contributed by atoms with E-state index < -0.39 is 11.6 Å². The molecule has 2 unspecified atom stereocenters. The molecule has 26 heavy (non-hydrogen) atoms. The third-order valence-corrected chi connectivity index (χ3v) is 4.93. The fourth-order valence-corrected chi connectivity index (χ4v) is 3.73. The van der Waals surface area contributed by atoms with Crippen LogP contribution in [-0.2, 0) is 15.1 Å². The Hall–Kier alpha value is -2.81. The summed E-state index contributed by atoms with van der Waals surface area (Å²) in [6.07, 6.45) is 3.46. The van der Waals surface area contributed by atoms with Crippen LogP contribution in [0.25, 0.3) is 0 Å². The van der Waals surface area contributed by atoms with Gasteiger partial charge in [0.05, 0.1) is 5.57 Å². The van der Waals surface area contributed by atoms with Gasteiger partial charge >= 0.3 is 5.97 Å². The molecule has 0 aromatic heterocycles. The second-order valence-corrected chi connectivity index (χ2v) is 6.66. The van der Waals surface area contributed by atoms with E-state index in [9.17, 15) is 9.90 Å². The lowest BCUT2D eigenvalue weighted by Gasteiger charge is -2.38. The van der Waals surface area contributed by atoms with Gasteiger partial charge in [-0.25, -0.2) is 4.79 Å². The first-order valence-electron chi connectivity index (χ1n) is 8.99. The molecule has 2 aromatic rings. The van der Waals surface area contributed by atoms with Crippen LogP contribution in [0.15, 0.2) is 84.7 Å². The van der Waals surface area contributed by atoms with Crippen LogP contribution in [0, 0.1) is 0 Å². The molecule has 0 fully saturated rings. The van der Waals surface area contributed by atoms with Crippen LogP contribution in [0.5, 0.6) is 0 Å². The molecule has 0 radical (unpaired) electrons. The second-order valence-electron chi connectivity index (χ2n) is 6.66. The van der Waals surface area contributed by atoms with E-state index in [1.807, 2.05) is 67.6 Å². The first-order chi connectivity index (χ1) is 12.6. The Kier molecular flexibility index (Phi) is 5.27. The number of allylic oxidation sites excluding steroid dienone is 1. The minimum absolute atomic E-state index is 0.0901. The van der Waals surface area contributed by atoms with Crippen molar-refractivity contribution in [2.24, 2.45) is 0 Å². The number of carbonyl (C=O) groups is 1. The molecule has 0 bridgehead atoms. The average molecular weight is 348 g/mol. The highest BCUT2D eigenvalue weighted by molar-refractivity contribution is 5.92. The number of cyclic esters (lactones) is 1. The highest BCUT2D eigenvalue weighted by atomic mass is 16.6. The van der Waals surface area contributed by atoms with Crippen molar-refractivity contribution in [1.82, 2.24) is 0 Å². The van der Waals surface area contributed by atoms with Gasteiger partial charge in [0.1, 0.15) is 11.4 Å². The normalized spacial score (nSPS) is 21.2. The molecule has 0 saturated carbocycles.